The second-order valence-corrected chi connectivity index (χ2v) is 9.72. The minimum atomic E-state index is -3.87. The lowest BCUT2D eigenvalue weighted by Gasteiger charge is -2.28. The van der Waals surface area contributed by atoms with Crippen LogP contribution in [0.4, 0.5) is 0 Å². The molecule has 1 saturated heterocycles. The quantitative estimate of drug-likeness (QED) is 0.759. The first-order chi connectivity index (χ1) is 11.2. The smallest absolute Gasteiger partial charge is 0.247 e. The fourth-order valence-corrected chi connectivity index (χ4v) is 5.47. The van der Waals surface area contributed by atoms with Crippen molar-refractivity contribution in [3.05, 3.63) is 18.2 Å². The van der Waals surface area contributed by atoms with Crippen molar-refractivity contribution in [1.29, 1.82) is 0 Å². The summed E-state index contributed by atoms with van der Waals surface area (Å²) in [5, 5.41) is 3.17. The van der Waals surface area contributed by atoms with Crippen molar-refractivity contribution in [1.82, 2.24) is 9.62 Å². The first-order valence-electron chi connectivity index (χ1n) is 7.82. The number of ether oxygens (including phenoxy) is 1. The van der Waals surface area contributed by atoms with Gasteiger partial charge in [-0.3, -0.25) is 0 Å². The van der Waals surface area contributed by atoms with Crippen LogP contribution in [0, 0.1) is 0 Å². The average Bonchev–Trinajstić information content (AvgIpc) is 3.04. The third kappa shape index (κ3) is 3.90. The Morgan fingerprint density at radius 1 is 1.29 bits per heavy atom. The van der Waals surface area contributed by atoms with Crippen molar-refractivity contribution in [3.8, 4) is 5.75 Å². The molecule has 1 aliphatic rings. The van der Waals surface area contributed by atoms with E-state index in [9.17, 15) is 16.8 Å². The minimum Gasteiger partial charge on any atom is -0.495 e. The molecule has 1 fully saturated rings. The molecule has 0 bridgehead atoms. The Kier molecular flexibility index (Phi) is 5.90. The Balaban J connectivity index is 2.56. The molecule has 1 N–H and O–H groups in total. The molecule has 2 rings (SSSR count). The Labute approximate surface area is 144 Å². The maximum atomic E-state index is 13.2. The molecule has 7 nitrogen and oxygen atoms in total. The number of nitrogens with zero attached hydrogens (tertiary/aromatic N) is 1. The van der Waals surface area contributed by atoms with E-state index in [-0.39, 0.29) is 21.6 Å². The van der Waals surface area contributed by atoms with E-state index in [1.54, 1.807) is 0 Å². The molecule has 0 radical (unpaired) electrons. The third-order valence-corrected chi connectivity index (χ3v) is 7.12. The summed E-state index contributed by atoms with van der Waals surface area (Å²) >= 11 is 0. The van der Waals surface area contributed by atoms with Gasteiger partial charge in [-0.1, -0.05) is 6.92 Å². The lowest BCUT2D eigenvalue weighted by molar-refractivity contribution is 0.331. The normalized spacial score (nSPS) is 18.9. The predicted molar refractivity (Wildman–Crippen MR) is 91.6 cm³/mol. The van der Waals surface area contributed by atoms with Gasteiger partial charge in [0.25, 0.3) is 0 Å². The van der Waals surface area contributed by atoms with E-state index in [0.29, 0.717) is 19.5 Å². The fourth-order valence-electron chi connectivity index (χ4n) is 2.82. The number of hydrogen-bond acceptors (Lipinski definition) is 6. The van der Waals surface area contributed by atoms with Gasteiger partial charge in [0, 0.05) is 25.4 Å². The van der Waals surface area contributed by atoms with Crippen molar-refractivity contribution in [2.45, 2.75) is 35.6 Å². The molecule has 0 saturated carbocycles. The second kappa shape index (κ2) is 7.38. The van der Waals surface area contributed by atoms with Gasteiger partial charge in [-0.25, -0.2) is 16.8 Å². The molecule has 1 heterocycles. The van der Waals surface area contributed by atoms with Crippen LogP contribution in [0.3, 0.4) is 0 Å². The highest BCUT2D eigenvalue weighted by Crippen LogP contribution is 2.31. The van der Waals surface area contributed by atoms with Gasteiger partial charge >= 0.3 is 0 Å². The van der Waals surface area contributed by atoms with Crippen LogP contribution < -0.4 is 10.1 Å². The maximum absolute atomic E-state index is 13.2. The summed E-state index contributed by atoms with van der Waals surface area (Å²) in [7, 11) is -6.02. The monoisotopic (exact) mass is 376 g/mol. The molecular weight excluding hydrogens is 352 g/mol. The first kappa shape index (κ1) is 19.2. The number of nitrogens with one attached hydrogen (secondary N) is 1. The lowest BCUT2D eigenvalue weighted by Crippen LogP contribution is -2.42. The SMILES string of the molecule is CCCN(C1CCNC1)S(=O)(=O)c1cc(S(C)(=O)=O)ccc1OC. The lowest BCUT2D eigenvalue weighted by atomic mass is 10.2. The second-order valence-electron chi connectivity index (χ2n) is 5.85. The van der Waals surface area contributed by atoms with Crippen LogP contribution in [-0.4, -0.2) is 60.2 Å². The maximum Gasteiger partial charge on any atom is 0.247 e. The summed E-state index contributed by atoms with van der Waals surface area (Å²) in [6.07, 6.45) is 2.45. The zero-order valence-corrected chi connectivity index (χ0v) is 15.8. The molecule has 9 heteroatoms. The molecule has 1 aromatic rings. The average molecular weight is 377 g/mol. The van der Waals surface area contributed by atoms with Crippen molar-refractivity contribution >= 4 is 19.9 Å². The van der Waals surface area contributed by atoms with E-state index in [1.165, 1.54) is 29.6 Å². The minimum absolute atomic E-state index is 0.0390. The molecule has 1 atom stereocenters. The Morgan fingerprint density at radius 2 is 2.00 bits per heavy atom. The fraction of sp³-hybridized carbons (Fsp3) is 0.600. The highest BCUT2D eigenvalue weighted by Gasteiger charge is 2.35. The van der Waals surface area contributed by atoms with Gasteiger partial charge in [-0.2, -0.15) is 4.31 Å². The molecule has 0 aliphatic carbocycles. The number of hydrogen-bond donors (Lipinski definition) is 1. The van der Waals surface area contributed by atoms with E-state index in [0.717, 1.165) is 19.2 Å². The van der Waals surface area contributed by atoms with Crippen LogP contribution in [0.25, 0.3) is 0 Å². The van der Waals surface area contributed by atoms with Crippen molar-refractivity contribution in [3.63, 3.8) is 0 Å². The Morgan fingerprint density at radius 3 is 2.50 bits per heavy atom. The molecule has 0 aromatic heterocycles. The van der Waals surface area contributed by atoms with E-state index < -0.39 is 19.9 Å². The predicted octanol–water partition coefficient (Wildman–Crippen LogP) is 0.861. The molecule has 1 unspecified atom stereocenters. The van der Waals surface area contributed by atoms with E-state index >= 15 is 0 Å². The summed E-state index contributed by atoms with van der Waals surface area (Å²) < 4.78 is 56.6. The van der Waals surface area contributed by atoms with E-state index in [1.807, 2.05) is 6.92 Å². The summed E-state index contributed by atoms with van der Waals surface area (Å²) in [6.45, 7) is 3.64. The number of benzene rings is 1. The van der Waals surface area contributed by atoms with Crippen molar-refractivity contribution in [2.24, 2.45) is 0 Å². The Bertz CT molecular complexity index is 784. The summed E-state index contributed by atoms with van der Waals surface area (Å²) in [6, 6.07) is 3.80. The van der Waals surface area contributed by atoms with Gasteiger partial charge in [-0.15, -0.1) is 0 Å². The zero-order chi connectivity index (χ0) is 18.0. The molecular formula is C15H24N2O5S2. The third-order valence-electron chi connectivity index (χ3n) is 4.04. The van der Waals surface area contributed by atoms with Gasteiger partial charge < -0.3 is 10.1 Å². The van der Waals surface area contributed by atoms with E-state index in [2.05, 4.69) is 5.32 Å². The van der Waals surface area contributed by atoms with Gasteiger partial charge in [0.1, 0.15) is 10.6 Å². The molecule has 1 aliphatic heterocycles. The number of sulfone groups is 1. The highest BCUT2D eigenvalue weighted by molar-refractivity contribution is 7.91. The van der Waals surface area contributed by atoms with Gasteiger partial charge in [0.2, 0.25) is 10.0 Å². The molecule has 0 spiro atoms. The zero-order valence-electron chi connectivity index (χ0n) is 14.1. The van der Waals surface area contributed by atoms with Crippen molar-refractivity contribution in [2.75, 3.05) is 33.0 Å². The van der Waals surface area contributed by atoms with Crippen LogP contribution in [0.15, 0.2) is 28.0 Å². The van der Waals surface area contributed by atoms with Gasteiger partial charge in [-0.05, 0) is 37.6 Å². The van der Waals surface area contributed by atoms with Crippen molar-refractivity contribution < 1.29 is 21.6 Å². The number of sulfonamides is 1. The standard InChI is InChI=1S/C15H24N2O5S2/c1-4-9-17(12-7-8-16-11-12)24(20,21)15-10-13(23(3,18)19)5-6-14(15)22-2/h5-6,10,12,16H,4,7-9,11H2,1-3H3. The Hall–Kier alpha value is -1.16. The molecule has 136 valence electrons. The van der Waals surface area contributed by atoms with Crippen LogP contribution in [0.1, 0.15) is 19.8 Å². The molecule has 24 heavy (non-hydrogen) atoms. The van der Waals surface area contributed by atoms with Gasteiger partial charge in [0.15, 0.2) is 9.84 Å². The van der Waals surface area contributed by atoms with Crippen LogP contribution in [0.5, 0.6) is 5.75 Å². The number of rotatable bonds is 7. The topological polar surface area (TPSA) is 92.8 Å². The van der Waals surface area contributed by atoms with Crippen LogP contribution >= 0.6 is 0 Å². The summed E-state index contributed by atoms with van der Waals surface area (Å²) in [5.74, 6) is 0.148. The molecule has 1 aromatic carbocycles. The highest BCUT2D eigenvalue weighted by atomic mass is 32.2. The summed E-state index contributed by atoms with van der Waals surface area (Å²) in [5.41, 5.74) is 0. The first-order valence-corrected chi connectivity index (χ1v) is 11.2. The van der Waals surface area contributed by atoms with Crippen LogP contribution in [-0.2, 0) is 19.9 Å². The van der Waals surface area contributed by atoms with Gasteiger partial charge in [0.05, 0.1) is 12.0 Å². The van der Waals surface area contributed by atoms with Crippen LogP contribution in [0.2, 0.25) is 0 Å². The molecule has 0 amide bonds. The largest absolute Gasteiger partial charge is 0.495 e. The number of methoxy groups -OCH3 is 1. The summed E-state index contributed by atoms with van der Waals surface area (Å²) in [4.78, 5) is -0.142. The van der Waals surface area contributed by atoms with E-state index in [4.69, 9.17) is 4.74 Å².